The van der Waals surface area contributed by atoms with Gasteiger partial charge in [0.2, 0.25) is 5.95 Å². The van der Waals surface area contributed by atoms with Gasteiger partial charge in [0.15, 0.2) is 5.75 Å². The van der Waals surface area contributed by atoms with Gasteiger partial charge in [0, 0.05) is 13.1 Å². The van der Waals surface area contributed by atoms with Crippen molar-refractivity contribution in [3.05, 3.63) is 12.4 Å². The number of hydrogen-bond acceptors (Lipinski definition) is 5. The predicted molar refractivity (Wildman–Crippen MR) is 62.6 cm³/mol. The topological polar surface area (TPSA) is 64.3 Å². The highest BCUT2D eigenvalue weighted by molar-refractivity contribution is 5.32. The van der Waals surface area contributed by atoms with Gasteiger partial charge in [-0.15, -0.1) is 0 Å². The normalized spacial score (nSPS) is 20.9. The zero-order valence-corrected chi connectivity index (χ0v) is 9.59. The Morgan fingerprint density at radius 3 is 2.88 bits per heavy atom. The number of anilines is 1. The largest absolute Gasteiger partial charge is 0.494 e. The molecule has 1 saturated heterocycles. The maximum absolute atomic E-state index is 5.70. The summed E-state index contributed by atoms with van der Waals surface area (Å²) in [6, 6.07) is 0. The van der Waals surface area contributed by atoms with Crippen LogP contribution < -0.4 is 15.4 Å². The van der Waals surface area contributed by atoms with Crippen LogP contribution in [0.15, 0.2) is 12.4 Å². The lowest BCUT2D eigenvalue weighted by Crippen LogP contribution is -2.39. The van der Waals surface area contributed by atoms with E-state index in [1.165, 1.54) is 6.42 Å². The molecule has 5 heteroatoms. The summed E-state index contributed by atoms with van der Waals surface area (Å²) in [5.74, 6) is 2.04. The van der Waals surface area contributed by atoms with Crippen molar-refractivity contribution >= 4 is 5.95 Å². The third-order valence-electron chi connectivity index (χ3n) is 2.99. The lowest BCUT2D eigenvalue weighted by molar-refractivity contribution is 0.406. The van der Waals surface area contributed by atoms with Crippen LogP contribution in [0.3, 0.4) is 0 Å². The van der Waals surface area contributed by atoms with Crippen LogP contribution in [0.4, 0.5) is 5.95 Å². The van der Waals surface area contributed by atoms with E-state index >= 15 is 0 Å². The van der Waals surface area contributed by atoms with E-state index in [-0.39, 0.29) is 0 Å². The molecular weight excluding hydrogens is 204 g/mol. The zero-order valence-electron chi connectivity index (χ0n) is 9.59. The maximum Gasteiger partial charge on any atom is 0.225 e. The number of piperidine rings is 1. The zero-order chi connectivity index (χ0) is 11.4. The van der Waals surface area contributed by atoms with E-state index in [2.05, 4.69) is 14.9 Å². The van der Waals surface area contributed by atoms with E-state index in [1.54, 1.807) is 19.5 Å². The van der Waals surface area contributed by atoms with Gasteiger partial charge in [-0.3, -0.25) is 0 Å². The van der Waals surface area contributed by atoms with Gasteiger partial charge in [0.25, 0.3) is 0 Å². The molecule has 2 heterocycles. The Bertz CT molecular complexity index is 327. The van der Waals surface area contributed by atoms with Crippen LogP contribution in [0.5, 0.6) is 5.75 Å². The van der Waals surface area contributed by atoms with Crippen molar-refractivity contribution in [1.29, 1.82) is 0 Å². The van der Waals surface area contributed by atoms with Crippen molar-refractivity contribution < 1.29 is 4.74 Å². The van der Waals surface area contributed by atoms with Crippen molar-refractivity contribution in [2.45, 2.75) is 12.8 Å². The van der Waals surface area contributed by atoms with Gasteiger partial charge in [0.1, 0.15) is 0 Å². The molecule has 2 rings (SSSR count). The highest BCUT2D eigenvalue weighted by atomic mass is 16.5. The number of nitrogens with two attached hydrogens (primary N) is 1. The van der Waals surface area contributed by atoms with E-state index < -0.39 is 0 Å². The average molecular weight is 222 g/mol. The van der Waals surface area contributed by atoms with E-state index in [1.807, 2.05) is 0 Å². The number of methoxy groups -OCH3 is 1. The number of ether oxygens (including phenoxy) is 1. The predicted octanol–water partition coefficient (Wildman–Crippen LogP) is 0.660. The maximum atomic E-state index is 5.70. The summed E-state index contributed by atoms with van der Waals surface area (Å²) < 4.78 is 5.04. The minimum atomic E-state index is 0.569. The summed E-state index contributed by atoms with van der Waals surface area (Å²) in [5, 5.41) is 0. The van der Waals surface area contributed by atoms with Crippen LogP contribution >= 0.6 is 0 Å². The van der Waals surface area contributed by atoms with Crippen molar-refractivity contribution in [3.63, 3.8) is 0 Å². The minimum Gasteiger partial charge on any atom is -0.494 e. The average Bonchev–Trinajstić information content (AvgIpc) is 2.39. The third kappa shape index (κ3) is 2.41. The standard InChI is InChI=1S/C11H18N4O/c1-16-10-6-13-11(14-7-10)15-4-2-3-9(5-12)8-15/h6-7,9H,2-5,8,12H2,1H3. The third-order valence-corrected chi connectivity index (χ3v) is 2.99. The molecule has 88 valence electrons. The SMILES string of the molecule is COc1cnc(N2CCCC(CN)C2)nc1. The van der Waals surface area contributed by atoms with Gasteiger partial charge in [-0.05, 0) is 25.3 Å². The van der Waals surface area contributed by atoms with Gasteiger partial charge in [-0.1, -0.05) is 0 Å². The fraction of sp³-hybridized carbons (Fsp3) is 0.636. The molecule has 1 fully saturated rings. The van der Waals surface area contributed by atoms with Crippen LogP contribution in [0.25, 0.3) is 0 Å². The van der Waals surface area contributed by atoms with Gasteiger partial charge >= 0.3 is 0 Å². The quantitative estimate of drug-likeness (QED) is 0.814. The monoisotopic (exact) mass is 222 g/mol. The van der Waals surface area contributed by atoms with Crippen molar-refractivity contribution in [2.75, 3.05) is 31.6 Å². The van der Waals surface area contributed by atoms with Gasteiger partial charge in [0.05, 0.1) is 19.5 Å². The number of rotatable bonds is 3. The molecule has 1 aliphatic rings. The second kappa shape index (κ2) is 5.12. The smallest absolute Gasteiger partial charge is 0.225 e. The molecule has 5 nitrogen and oxygen atoms in total. The first-order chi connectivity index (χ1) is 7.83. The lowest BCUT2D eigenvalue weighted by atomic mass is 9.99. The highest BCUT2D eigenvalue weighted by Gasteiger charge is 2.20. The fourth-order valence-corrected chi connectivity index (χ4v) is 2.02. The molecule has 0 saturated carbocycles. The Hall–Kier alpha value is -1.36. The summed E-state index contributed by atoms with van der Waals surface area (Å²) >= 11 is 0. The Balaban J connectivity index is 2.05. The number of nitrogens with zero attached hydrogens (tertiary/aromatic N) is 3. The fourth-order valence-electron chi connectivity index (χ4n) is 2.02. The van der Waals surface area contributed by atoms with Gasteiger partial charge in [-0.2, -0.15) is 0 Å². The van der Waals surface area contributed by atoms with E-state index in [9.17, 15) is 0 Å². The van der Waals surface area contributed by atoms with Crippen molar-refractivity contribution in [3.8, 4) is 5.75 Å². The Kier molecular flexibility index (Phi) is 3.56. The Morgan fingerprint density at radius 1 is 1.50 bits per heavy atom. The first-order valence-corrected chi connectivity index (χ1v) is 5.64. The Labute approximate surface area is 95.6 Å². The summed E-state index contributed by atoms with van der Waals surface area (Å²) in [4.78, 5) is 10.8. The van der Waals surface area contributed by atoms with Gasteiger partial charge in [-0.25, -0.2) is 9.97 Å². The van der Waals surface area contributed by atoms with E-state index in [4.69, 9.17) is 10.5 Å². The number of hydrogen-bond donors (Lipinski definition) is 1. The molecule has 0 amide bonds. The first-order valence-electron chi connectivity index (χ1n) is 5.64. The molecular formula is C11H18N4O. The molecule has 1 aromatic rings. The second-order valence-electron chi connectivity index (χ2n) is 4.11. The molecule has 0 spiro atoms. The van der Waals surface area contributed by atoms with Crippen LogP contribution in [-0.4, -0.2) is 36.7 Å². The number of aromatic nitrogens is 2. The summed E-state index contributed by atoms with van der Waals surface area (Å²) in [6.07, 6.45) is 5.78. The summed E-state index contributed by atoms with van der Waals surface area (Å²) in [7, 11) is 1.61. The molecule has 16 heavy (non-hydrogen) atoms. The van der Waals surface area contributed by atoms with Crippen LogP contribution in [0.1, 0.15) is 12.8 Å². The van der Waals surface area contributed by atoms with Crippen molar-refractivity contribution in [1.82, 2.24) is 9.97 Å². The van der Waals surface area contributed by atoms with Gasteiger partial charge < -0.3 is 15.4 Å². The minimum absolute atomic E-state index is 0.569. The molecule has 1 aromatic heterocycles. The van der Waals surface area contributed by atoms with Crippen molar-refractivity contribution in [2.24, 2.45) is 11.7 Å². The second-order valence-corrected chi connectivity index (χ2v) is 4.11. The molecule has 2 N–H and O–H groups in total. The lowest BCUT2D eigenvalue weighted by Gasteiger charge is -2.31. The highest BCUT2D eigenvalue weighted by Crippen LogP contribution is 2.20. The Morgan fingerprint density at radius 2 is 2.25 bits per heavy atom. The molecule has 1 unspecified atom stereocenters. The van der Waals surface area contributed by atoms with Crippen LogP contribution in [0, 0.1) is 5.92 Å². The van der Waals surface area contributed by atoms with E-state index in [0.29, 0.717) is 11.7 Å². The first kappa shape index (κ1) is 11.1. The molecule has 1 atom stereocenters. The summed E-state index contributed by atoms with van der Waals surface area (Å²) in [6.45, 7) is 2.72. The molecule has 1 aliphatic heterocycles. The molecule has 0 aliphatic carbocycles. The van der Waals surface area contributed by atoms with E-state index in [0.717, 1.165) is 32.0 Å². The molecule has 0 aromatic carbocycles. The molecule has 0 bridgehead atoms. The summed E-state index contributed by atoms with van der Waals surface area (Å²) in [5.41, 5.74) is 5.70. The van der Waals surface area contributed by atoms with Crippen LogP contribution in [-0.2, 0) is 0 Å². The molecule has 0 radical (unpaired) electrons. The van der Waals surface area contributed by atoms with Crippen LogP contribution in [0.2, 0.25) is 0 Å².